The fourth-order valence-corrected chi connectivity index (χ4v) is 4.74. The minimum Gasteiger partial charge on any atom is -0.441 e. The lowest BCUT2D eigenvalue weighted by Gasteiger charge is -2.07. The van der Waals surface area contributed by atoms with Crippen LogP contribution >= 0.6 is 11.3 Å². The molecule has 30 heavy (non-hydrogen) atoms. The zero-order valence-corrected chi connectivity index (χ0v) is 17.6. The Hall–Kier alpha value is -2.93. The smallest absolute Gasteiger partial charge is 0.279 e. The minimum atomic E-state index is -0.280. The standard InChI is InChI=1S/C23H25N3O3S/c27-21(12-13-22-24-15-18(29-22)16-8-5-3-6-9-16)25-26-23(28)20-14-17-10-4-1-2-7-11-19(17)30-20/h3,5-6,8-9,14-15H,1-2,4,7,10-13H2,(H,25,27)(H,26,28). The molecule has 1 aromatic carbocycles. The lowest BCUT2D eigenvalue weighted by atomic mass is 10.00. The molecule has 0 aliphatic heterocycles. The van der Waals surface area contributed by atoms with Crippen LogP contribution in [0.1, 0.15) is 58.1 Å². The van der Waals surface area contributed by atoms with Crippen LogP contribution in [0, 0.1) is 0 Å². The van der Waals surface area contributed by atoms with E-state index in [-0.39, 0.29) is 18.2 Å². The summed E-state index contributed by atoms with van der Waals surface area (Å²) >= 11 is 1.54. The summed E-state index contributed by atoms with van der Waals surface area (Å²) in [5.41, 5.74) is 7.25. The van der Waals surface area contributed by atoms with Crippen LogP contribution in [0.15, 0.2) is 47.0 Å². The Bertz CT molecular complexity index is 984. The van der Waals surface area contributed by atoms with Crippen molar-refractivity contribution in [2.24, 2.45) is 0 Å². The van der Waals surface area contributed by atoms with Crippen molar-refractivity contribution in [3.05, 3.63) is 63.8 Å². The van der Waals surface area contributed by atoms with E-state index in [1.807, 2.05) is 36.4 Å². The Balaban J connectivity index is 1.25. The Kier molecular flexibility index (Phi) is 6.59. The molecule has 0 saturated heterocycles. The van der Waals surface area contributed by atoms with Crippen molar-refractivity contribution >= 4 is 23.2 Å². The first-order valence-electron chi connectivity index (χ1n) is 10.4. The fourth-order valence-electron chi connectivity index (χ4n) is 3.59. The van der Waals surface area contributed by atoms with Gasteiger partial charge in [-0.05, 0) is 37.3 Å². The highest BCUT2D eigenvalue weighted by Gasteiger charge is 2.16. The molecule has 7 heteroatoms. The zero-order chi connectivity index (χ0) is 20.8. The molecule has 2 amide bonds. The van der Waals surface area contributed by atoms with E-state index in [0.29, 0.717) is 22.9 Å². The van der Waals surface area contributed by atoms with Gasteiger partial charge in [0.05, 0.1) is 11.1 Å². The molecule has 0 unspecified atom stereocenters. The molecule has 3 aromatic rings. The average Bonchev–Trinajstić information content (AvgIpc) is 3.38. The van der Waals surface area contributed by atoms with E-state index in [4.69, 9.17) is 4.42 Å². The molecular weight excluding hydrogens is 398 g/mol. The molecule has 6 nitrogen and oxygen atoms in total. The maximum absolute atomic E-state index is 12.4. The Labute approximate surface area is 179 Å². The van der Waals surface area contributed by atoms with Crippen LogP contribution in [0.2, 0.25) is 0 Å². The summed E-state index contributed by atoms with van der Waals surface area (Å²) in [5, 5.41) is 0. The SMILES string of the molecule is O=C(CCc1ncc(-c2ccccc2)o1)NNC(=O)c1cc2c(s1)CCCCCC2. The second kappa shape index (κ2) is 9.71. The molecule has 0 fully saturated rings. The van der Waals surface area contributed by atoms with Crippen LogP contribution in [0.25, 0.3) is 11.3 Å². The Morgan fingerprint density at radius 1 is 1.03 bits per heavy atom. The molecule has 1 aliphatic rings. The van der Waals surface area contributed by atoms with Gasteiger partial charge in [0.1, 0.15) is 0 Å². The first-order chi connectivity index (χ1) is 14.7. The van der Waals surface area contributed by atoms with Crippen LogP contribution in [-0.2, 0) is 24.1 Å². The van der Waals surface area contributed by atoms with Gasteiger partial charge in [0.25, 0.3) is 5.91 Å². The highest BCUT2D eigenvalue weighted by Crippen LogP contribution is 2.28. The molecule has 0 spiro atoms. The largest absolute Gasteiger partial charge is 0.441 e. The number of carbonyl (C=O) groups excluding carboxylic acids is 2. The number of fused-ring (bicyclic) bond motifs is 1. The summed E-state index contributed by atoms with van der Waals surface area (Å²) in [7, 11) is 0. The number of hydrazine groups is 1. The topological polar surface area (TPSA) is 84.2 Å². The first kappa shape index (κ1) is 20.3. The zero-order valence-electron chi connectivity index (χ0n) is 16.8. The van der Waals surface area contributed by atoms with Gasteiger partial charge in [0.15, 0.2) is 11.7 Å². The molecule has 1 aliphatic carbocycles. The second-order valence-electron chi connectivity index (χ2n) is 7.46. The van der Waals surface area contributed by atoms with Crippen LogP contribution in [-0.4, -0.2) is 16.8 Å². The lowest BCUT2D eigenvalue weighted by Crippen LogP contribution is -2.41. The van der Waals surface area contributed by atoms with Crippen LogP contribution in [0.4, 0.5) is 0 Å². The summed E-state index contributed by atoms with van der Waals surface area (Å²) < 4.78 is 5.71. The van der Waals surface area contributed by atoms with Crippen molar-refractivity contribution in [2.45, 2.75) is 51.4 Å². The summed E-state index contributed by atoms with van der Waals surface area (Å²) in [6.07, 6.45) is 9.14. The van der Waals surface area contributed by atoms with Crippen molar-refractivity contribution in [3.63, 3.8) is 0 Å². The Morgan fingerprint density at radius 3 is 2.67 bits per heavy atom. The molecular formula is C23H25N3O3S. The number of benzene rings is 1. The van der Waals surface area contributed by atoms with Gasteiger partial charge < -0.3 is 4.42 Å². The van der Waals surface area contributed by atoms with E-state index in [9.17, 15) is 9.59 Å². The monoisotopic (exact) mass is 423 g/mol. The number of thiophene rings is 1. The fraction of sp³-hybridized carbons (Fsp3) is 0.348. The Morgan fingerprint density at radius 2 is 1.83 bits per heavy atom. The van der Waals surface area contributed by atoms with E-state index >= 15 is 0 Å². The second-order valence-corrected chi connectivity index (χ2v) is 8.60. The molecule has 2 aromatic heterocycles. The van der Waals surface area contributed by atoms with E-state index in [2.05, 4.69) is 15.8 Å². The summed E-state index contributed by atoms with van der Waals surface area (Å²) in [5.74, 6) is 0.626. The predicted octanol–water partition coefficient (Wildman–Crippen LogP) is 4.46. The van der Waals surface area contributed by atoms with Crippen molar-refractivity contribution in [2.75, 3.05) is 0 Å². The number of amides is 2. The number of nitrogens with one attached hydrogen (secondary N) is 2. The molecule has 2 N–H and O–H groups in total. The van der Waals surface area contributed by atoms with Gasteiger partial charge in [-0.1, -0.05) is 43.2 Å². The van der Waals surface area contributed by atoms with Gasteiger partial charge in [0.2, 0.25) is 5.91 Å². The molecule has 0 saturated carbocycles. The van der Waals surface area contributed by atoms with Gasteiger partial charge in [0, 0.05) is 23.3 Å². The number of aromatic nitrogens is 1. The molecule has 156 valence electrons. The number of hydrogen-bond donors (Lipinski definition) is 2. The molecule has 0 radical (unpaired) electrons. The van der Waals surface area contributed by atoms with Gasteiger partial charge in [-0.25, -0.2) is 4.98 Å². The quantitative estimate of drug-likeness (QED) is 0.594. The van der Waals surface area contributed by atoms with E-state index < -0.39 is 0 Å². The van der Waals surface area contributed by atoms with E-state index in [1.165, 1.54) is 36.1 Å². The van der Waals surface area contributed by atoms with Crippen LogP contribution < -0.4 is 10.9 Å². The van der Waals surface area contributed by atoms with Crippen molar-refractivity contribution in [1.29, 1.82) is 0 Å². The highest BCUT2D eigenvalue weighted by molar-refractivity contribution is 7.14. The normalized spacial score (nSPS) is 13.7. The number of rotatable bonds is 5. The van der Waals surface area contributed by atoms with Gasteiger partial charge in [-0.3, -0.25) is 20.4 Å². The highest BCUT2D eigenvalue weighted by atomic mass is 32.1. The maximum atomic E-state index is 12.4. The lowest BCUT2D eigenvalue weighted by molar-refractivity contribution is -0.121. The molecule has 0 atom stereocenters. The number of carbonyl (C=O) groups is 2. The molecule has 2 heterocycles. The number of hydrogen-bond acceptors (Lipinski definition) is 5. The third-order valence-electron chi connectivity index (χ3n) is 5.21. The maximum Gasteiger partial charge on any atom is 0.279 e. The van der Waals surface area contributed by atoms with E-state index in [0.717, 1.165) is 18.4 Å². The van der Waals surface area contributed by atoms with Gasteiger partial charge in [-0.15, -0.1) is 11.3 Å². The van der Waals surface area contributed by atoms with Crippen molar-refractivity contribution < 1.29 is 14.0 Å². The third kappa shape index (κ3) is 5.16. The number of aryl methyl sites for hydroxylation is 3. The van der Waals surface area contributed by atoms with Crippen molar-refractivity contribution in [3.8, 4) is 11.3 Å². The number of oxazole rings is 1. The predicted molar refractivity (Wildman–Crippen MR) is 116 cm³/mol. The minimum absolute atomic E-state index is 0.177. The van der Waals surface area contributed by atoms with Gasteiger partial charge in [-0.2, -0.15) is 0 Å². The van der Waals surface area contributed by atoms with Crippen molar-refractivity contribution in [1.82, 2.24) is 15.8 Å². The van der Waals surface area contributed by atoms with Gasteiger partial charge >= 0.3 is 0 Å². The first-order valence-corrected chi connectivity index (χ1v) is 11.2. The summed E-state index contributed by atoms with van der Waals surface area (Å²) in [4.78, 5) is 30.7. The molecule has 0 bridgehead atoms. The number of nitrogens with zero attached hydrogens (tertiary/aromatic N) is 1. The summed E-state index contributed by atoms with van der Waals surface area (Å²) in [6.45, 7) is 0. The summed E-state index contributed by atoms with van der Waals surface area (Å²) in [6, 6.07) is 11.7. The van der Waals surface area contributed by atoms with Crippen LogP contribution in [0.5, 0.6) is 0 Å². The van der Waals surface area contributed by atoms with E-state index in [1.54, 1.807) is 17.5 Å². The average molecular weight is 424 g/mol. The van der Waals surface area contributed by atoms with Crippen LogP contribution in [0.3, 0.4) is 0 Å². The third-order valence-corrected chi connectivity index (χ3v) is 6.45. The molecule has 4 rings (SSSR count).